The number of fused-ring (bicyclic) bond motifs is 6. The van der Waals surface area contributed by atoms with Crippen LogP contribution in [-0.2, 0) is 5.54 Å². The van der Waals surface area contributed by atoms with E-state index in [1.807, 2.05) is 103 Å². The number of rotatable bonds is 5. The van der Waals surface area contributed by atoms with Gasteiger partial charge in [0, 0.05) is 91.6 Å². The first-order valence-electron chi connectivity index (χ1n) is 11.3. The van der Waals surface area contributed by atoms with Crippen molar-refractivity contribution in [2.24, 2.45) is 0 Å². The predicted octanol–water partition coefficient (Wildman–Crippen LogP) is 4.61. The zero-order valence-electron chi connectivity index (χ0n) is 20.7. The minimum Gasteiger partial charge on any atom is -0.456 e. The van der Waals surface area contributed by atoms with E-state index in [4.69, 9.17) is 4.74 Å². The minimum atomic E-state index is -0.973. The summed E-state index contributed by atoms with van der Waals surface area (Å²) in [5, 5.41) is 0. The maximum atomic E-state index is 13.9. The molecule has 0 aliphatic carbocycles. The molecule has 7 nitrogen and oxygen atoms in total. The Labute approximate surface area is 210 Å². The van der Waals surface area contributed by atoms with Gasteiger partial charge in [0.05, 0.1) is 0 Å². The van der Waals surface area contributed by atoms with E-state index in [1.54, 1.807) is 12.1 Å². The Morgan fingerprint density at radius 2 is 1.37 bits per heavy atom. The summed E-state index contributed by atoms with van der Waals surface area (Å²) in [5.41, 5.74) is 4.61. The quantitative estimate of drug-likeness (QED) is 0.384. The molecule has 0 saturated carbocycles. The van der Waals surface area contributed by atoms with Crippen LogP contribution in [0.3, 0.4) is 0 Å². The predicted molar refractivity (Wildman–Crippen MR) is 141 cm³/mol. The van der Waals surface area contributed by atoms with Crippen molar-refractivity contribution in [2.75, 3.05) is 52.1 Å². The normalized spacial score (nSPS) is 14.9. The van der Waals surface area contributed by atoms with Gasteiger partial charge in [0.2, 0.25) is 0 Å². The number of ether oxygens (including phenoxy) is 1. The zero-order valence-corrected chi connectivity index (χ0v) is 21.5. The van der Waals surface area contributed by atoms with E-state index in [-0.39, 0.29) is 5.91 Å². The Bertz CT molecular complexity index is 1290. The zero-order chi connectivity index (χ0) is 25.1. The average Bonchev–Trinajstić information content (AvgIpc) is 3.06. The van der Waals surface area contributed by atoms with Crippen LogP contribution in [0.2, 0.25) is 0 Å². The second kappa shape index (κ2) is 8.32. The number of anilines is 2. The average molecular weight is 489 g/mol. The van der Waals surface area contributed by atoms with E-state index < -0.39 is 5.54 Å². The lowest BCUT2D eigenvalue weighted by molar-refractivity contribution is 0.0836. The van der Waals surface area contributed by atoms with Crippen LogP contribution in [0.1, 0.15) is 37.4 Å². The number of carbonyl (C=O) groups excluding carboxylic acids is 2. The lowest BCUT2D eigenvalue weighted by atomic mass is 9.75. The molecule has 1 spiro atoms. The first-order chi connectivity index (χ1) is 16.7. The van der Waals surface area contributed by atoms with Gasteiger partial charge in [-0.1, -0.05) is 18.2 Å². The second-order valence-corrected chi connectivity index (χ2v) is 10.6. The number of aldehydes is 1. The van der Waals surface area contributed by atoms with Crippen LogP contribution < -0.4 is 14.5 Å². The van der Waals surface area contributed by atoms with Gasteiger partial charge in [0.15, 0.2) is 0 Å². The summed E-state index contributed by atoms with van der Waals surface area (Å²) in [5.74, 6) is 1.26. The summed E-state index contributed by atoms with van der Waals surface area (Å²) in [4.78, 5) is 29.8. The van der Waals surface area contributed by atoms with Crippen molar-refractivity contribution in [3.05, 3.63) is 82.4 Å². The molecule has 2 aliphatic rings. The molecule has 2 aliphatic heterocycles. The Kier molecular flexibility index (Phi) is 5.53. The van der Waals surface area contributed by atoms with E-state index in [0.717, 1.165) is 34.4 Å². The summed E-state index contributed by atoms with van der Waals surface area (Å²) in [6, 6.07) is 17.5. The first kappa shape index (κ1) is 23.3. The number of hydrogen-bond donors (Lipinski definition) is 0. The second-order valence-electron chi connectivity index (χ2n) is 9.38. The van der Waals surface area contributed by atoms with Gasteiger partial charge in [-0.25, -0.2) is 8.61 Å². The molecule has 0 saturated heterocycles. The molecule has 0 N–H and O–H groups in total. The highest BCUT2D eigenvalue weighted by Crippen LogP contribution is 2.60. The SMILES string of the molecule is CN(C)SN1C(=O)c2ccc(C=O)cc2C12c1ccc(N(C)C)cc1Oc1cc(N(C)C)ccc12. The van der Waals surface area contributed by atoms with E-state index in [0.29, 0.717) is 22.6 Å². The fourth-order valence-corrected chi connectivity index (χ4v) is 5.79. The largest absolute Gasteiger partial charge is 0.456 e. The van der Waals surface area contributed by atoms with Crippen LogP contribution in [0.25, 0.3) is 0 Å². The number of benzene rings is 3. The molecule has 180 valence electrons. The van der Waals surface area contributed by atoms with Crippen molar-refractivity contribution in [3.63, 3.8) is 0 Å². The van der Waals surface area contributed by atoms with Crippen LogP contribution >= 0.6 is 12.1 Å². The van der Waals surface area contributed by atoms with Gasteiger partial charge in [-0.15, -0.1) is 0 Å². The van der Waals surface area contributed by atoms with Crippen LogP contribution in [0, 0.1) is 0 Å². The molecule has 1 amide bonds. The van der Waals surface area contributed by atoms with Crippen molar-refractivity contribution >= 4 is 35.7 Å². The lowest BCUT2D eigenvalue weighted by Gasteiger charge is -2.44. The number of nitrogens with zero attached hydrogens (tertiary/aromatic N) is 4. The van der Waals surface area contributed by atoms with Gasteiger partial charge in [-0.05, 0) is 38.4 Å². The maximum absolute atomic E-state index is 13.9. The molecule has 3 aromatic rings. The fourth-order valence-electron chi connectivity index (χ4n) is 4.87. The summed E-state index contributed by atoms with van der Waals surface area (Å²) in [6.07, 6.45) is 0.825. The van der Waals surface area contributed by atoms with Crippen molar-refractivity contribution in [1.29, 1.82) is 0 Å². The van der Waals surface area contributed by atoms with Crippen LogP contribution in [-0.4, -0.2) is 63.1 Å². The number of hydrogen-bond acceptors (Lipinski definition) is 7. The third-order valence-electron chi connectivity index (χ3n) is 6.50. The number of amides is 1. The molecule has 0 aromatic heterocycles. The molecule has 5 rings (SSSR count). The topological polar surface area (TPSA) is 56.3 Å². The molecule has 0 bridgehead atoms. The molecular formula is C27H28N4O3S. The molecule has 8 heteroatoms. The molecule has 0 fully saturated rings. The molecule has 0 radical (unpaired) electrons. The third kappa shape index (κ3) is 3.39. The van der Waals surface area contributed by atoms with E-state index in [1.165, 1.54) is 12.1 Å². The first-order valence-corrected chi connectivity index (χ1v) is 12.0. The number of carbonyl (C=O) groups is 2. The molecule has 2 heterocycles. The highest BCUT2D eigenvalue weighted by molar-refractivity contribution is 7.95. The van der Waals surface area contributed by atoms with Crippen molar-refractivity contribution in [2.45, 2.75) is 5.54 Å². The van der Waals surface area contributed by atoms with Crippen LogP contribution in [0.5, 0.6) is 11.5 Å². The van der Waals surface area contributed by atoms with Crippen molar-refractivity contribution in [1.82, 2.24) is 8.61 Å². The minimum absolute atomic E-state index is 0.108. The van der Waals surface area contributed by atoms with Gasteiger partial charge in [0.25, 0.3) is 5.91 Å². The molecule has 3 aromatic carbocycles. The summed E-state index contributed by atoms with van der Waals surface area (Å²) >= 11 is 1.35. The summed E-state index contributed by atoms with van der Waals surface area (Å²) in [7, 11) is 11.8. The highest BCUT2D eigenvalue weighted by atomic mass is 32.2. The van der Waals surface area contributed by atoms with Crippen LogP contribution in [0.4, 0.5) is 11.4 Å². The summed E-state index contributed by atoms with van der Waals surface area (Å²) < 4.78 is 10.2. The summed E-state index contributed by atoms with van der Waals surface area (Å²) in [6.45, 7) is 0. The Morgan fingerprint density at radius 1 is 0.800 bits per heavy atom. The standard InChI is InChI=1S/C27H28N4O3S/c1-28(2)18-8-11-21-24(14-18)34-25-15-19(29(3)4)9-12-22(25)27(21)23-13-17(16-32)7-10-20(23)26(33)31(27)35-30(5)6/h7-16H,1-6H3. The van der Waals surface area contributed by atoms with Crippen LogP contribution in [0.15, 0.2) is 54.6 Å². The van der Waals surface area contributed by atoms with Crippen molar-refractivity contribution < 1.29 is 14.3 Å². The van der Waals surface area contributed by atoms with Gasteiger partial charge in [-0.3, -0.25) is 9.59 Å². The monoisotopic (exact) mass is 488 g/mol. The Balaban J connectivity index is 1.91. The Hall–Kier alpha value is -3.49. The molecular weight excluding hydrogens is 460 g/mol. The van der Waals surface area contributed by atoms with Gasteiger partial charge >= 0.3 is 0 Å². The lowest BCUT2D eigenvalue weighted by Crippen LogP contribution is -2.44. The molecule has 35 heavy (non-hydrogen) atoms. The molecule has 0 unspecified atom stereocenters. The van der Waals surface area contributed by atoms with Crippen molar-refractivity contribution in [3.8, 4) is 11.5 Å². The van der Waals surface area contributed by atoms with Gasteiger partial charge in [-0.2, -0.15) is 0 Å². The maximum Gasteiger partial charge on any atom is 0.266 e. The van der Waals surface area contributed by atoms with E-state index in [9.17, 15) is 9.59 Å². The molecule has 0 atom stereocenters. The highest BCUT2D eigenvalue weighted by Gasteiger charge is 2.57. The third-order valence-corrected chi connectivity index (χ3v) is 7.43. The van der Waals surface area contributed by atoms with E-state index >= 15 is 0 Å². The fraction of sp³-hybridized carbons (Fsp3) is 0.259. The Morgan fingerprint density at radius 3 is 1.86 bits per heavy atom. The van der Waals surface area contributed by atoms with Gasteiger partial charge in [0.1, 0.15) is 23.3 Å². The smallest absolute Gasteiger partial charge is 0.266 e. The van der Waals surface area contributed by atoms with E-state index in [2.05, 4.69) is 0 Å². The van der Waals surface area contributed by atoms with Gasteiger partial charge < -0.3 is 14.5 Å².